The maximum absolute atomic E-state index is 12.8. The van der Waals surface area contributed by atoms with Gasteiger partial charge in [-0.3, -0.25) is 4.79 Å². The lowest BCUT2D eigenvalue weighted by atomic mass is 10.1. The molecule has 0 radical (unpaired) electrons. The Balaban J connectivity index is 1.62. The summed E-state index contributed by atoms with van der Waals surface area (Å²) in [6.07, 6.45) is 3.25. The summed E-state index contributed by atoms with van der Waals surface area (Å²) in [6.45, 7) is 2.64. The number of hydrogen-bond acceptors (Lipinski definition) is 5. The number of carbonyl (C=O) groups is 1. The second kappa shape index (κ2) is 9.28. The Bertz CT molecular complexity index is 958. The summed E-state index contributed by atoms with van der Waals surface area (Å²) in [5, 5.41) is 2.74. The highest BCUT2D eigenvalue weighted by atomic mass is 32.2. The average Bonchev–Trinajstić information content (AvgIpc) is 2.72. The topological polar surface area (TPSA) is 84.9 Å². The summed E-state index contributed by atoms with van der Waals surface area (Å²) in [7, 11) is -2.47. The molecule has 0 spiro atoms. The fourth-order valence-electron chi connectivity index (χ4n) is 2.99. The third-order valence-corrected chi connectivity index (χ3v) is 6.44. The van der Waals surface area contributed by atoms with Crippen LogP contribution in [0.5, 0.6) is 11.5 Å². The van der Waals surface area contributed by atoms with Crippen LogP contribution in [0.25, 0.3) is 0 Å². The molecule has 1 aliphatic rings. The molecule has 0 aliphatic carbocycles. The normalized spacial score (nSPS) is 13.3. The van der Waals surface area contributed by atoms with Crippen molar-refractivity contribution in [3.8, 4) is 11.5 Å². The molecule has 0 unspecified atom stereocenters. The van der Waals surface area contributed by atoms with Gasteiger partial charge in [0.25, 0.3) is 0 Å². The van der Waals surface area contributed by atoms with Gasteiger partial charge < -0.3 is 14.8 Å². The first kappa shape index (κ1) is 21.1. The lowest BCUT2D eigenvalue weighted by Crippen LogP contribution is -2.35. The van der Waals surface area contributed by atoms with Gasteiger partial charge in [0.05, 0.1) is 11.4 Å². The second-order valence-corrected chi connectivity index (χ2v) is 8.96. The number of unbranched alkanes of at least 4 members (excludes halogenated alkanes) is 1. The number of carbonyl (C=O) groups excluding carboxylic acids is 1. The van der Waals surface area contributed by atoms with E-state index in [4.69, 9.17) is 9.47 Å². The minimum absolute atomic E-state index is 0.0531. The van der Waals surface area contributed by atoms with Gasteiger partial charge in [-0.2, -0.15) is 4.31 Å². The van der Waals surface area contributed by atoms with Gasteiger partial charge in [0.2, 0.25) is 15.9 Å². The molecule has 1 heterocycles. The number of sulfonamides is 1. The summed E-state index contributed by atoms with van der Waals surface area (Å²) in [4.78, 5) is 12.4. The molecule has 1 N–H and O–H groups in total. The third-order valence-electron chi connectivity index (χ3n) is 4.64. The van der Waals surface area contributed by atoms with Gasteiger partial charge in [-0.15, -0.1) is 0 Å². The van der Waals surface area contributed by atoms with Crippen molar-refractivity contribution in [2.24, 2.45) is 0 Å². The number of ether oxygens (including phenoxy) is 2. The first-order valence-electron chi connectivity index (χ1n) is 9.65. The van der Waals surface area contributed by atoms with E-state index in [0.29, 0.717) is 30.4 Å². The molecule has 0 aromatic heterocycles. The smallest absolute Gasteiger partial charge is 0.243 e. The highest BCUT2D eigenvalue weighted by molar-refractivity contribution is 7.89. The van der Waals surface area contributed by atoms with Crippen LogP contribution in [0.3, 0.4) is 0 Å². The number of aryl methyl sites for hydroxylation is 1. The molecule has 1 aliphatic heterocycles. The Morgan fingerprint density at radius 2 is 1.76 bits per heavy atom. The van der Waals surface area contributed by atoms with E-state index in [2.05, 4.69) is 12.2 Å². The zero-order valence-electron chi connectivity index (χ0n) is 16.7. The number of hydrogen-bond donors (Lipinski definition) is 1. The van der Waals surface area contributed by atoms with Crippen molar-refractivity contribution >= 4 is 21.6 Å². The van der Waals surface area contributed by atoms with Crippen LogP contribution in [0.4, 0.5) is 5.69 Å². The molecule has 7 nitrogen and oxygen atoms in total. The number of likely N-dealkylation sites (N-methyl/N-ethyl adjacent to an activating group) is 1. The number of amides is 1. The van der Waals surface area contributed by atoms with Crippen molar-refractivity contribution in [2.45, 2.75) is 31.1 Å². The maximum atomic E-state index is 12.8. The standard InChI is InChI=1S/C21H26N2O5S/c1-3-4-5-16-6-8-17(9-7-16)22-21(24)15-23(2)29(25,26)18-10-11-19-20(14-18)28-13-12-27-19/h6-11,14H,3-5,12-13,15H2,1-2H3,(H,22,24). The summed E-state index contributed by atoms with van der Waals surface area (Å²) in [6, 6.07) is 12.0. The molecule has 8 heteroatoms. The Morgan fingerprint density at radius 3 is 2.45 bits per heavy atom. The average molecular weight is 419 g/mol. The number of anilines is 1. The maximum Gasteiger partial charge on any atom is 0.243 e. The van der Waals surface area contributed by atoms with E-state index in [0.717, 1.165) is 23.6 Å². The molecule has 0 saturated heterocycles. The van der Waals surface area contributed by atoms with Crippen molar-refractivity contribution in [2.75, 3.05) is 32.1 Å². The quantitative estimate of drug-likeness (QED) is 0.712. The monoisotopic (exact) mass is 418 g/mol. The molecule has 156 valence electrons. The van der Waals surface area contributed by atoms with Crippen molar-refractivity contribution in [3.63, 3.8) is 0 Å². The fraction of sp³-hybridized carbons (Fsp3) is 0.381. The zero-order chi connectivity index (χ0) is 20.9. The van der Waals surface area contributed by atoms with Gasteiger partial charge in [-0.25, -0.2) is 8.42 Å². The van der Waals surface area contributed by atoms with Crippen LogP contribution < -0.4 is 14.8 Å². The number of nitrogens with one attached hydrogen (secondary N) is 1. The molecule has 0 fully saturated rings. The molecule has 1 amide bonds. The molecule has 2 aromatic rings. The van der Waals surface area contributed by atoms with E-state index in [9.17, 15) is 13.2 Å². The molecule has 0 atom stereocenters. The Labute approximate surface area is 171 Å². The molecule has 0 bridgehead atoms. The molecule has 0 saturated carbocycles. The van der Waals surface area contributed by atoms with Gasteiger partial charge in [0.15, 0.2) is 11.5 Å². The second-order valence-electron chi connectivity index (χ2n) is 6.92. The summed E-state index contributed by atoms with van der Waals surface area (Å²) in [5.41, 5.74) is 1.85. The van der Waals surface area contributed by atoms with Gasteiger partial charge in [0, 0.05) is 18.8 Å². The fourth-order valence-corrected chi connectivity index (χ4v) is 4.13. The Hall–Kier alpha value is -2.58. The molecular formula is C21H26N2O5S. The minimum atomic E-state index is -3.84. The third kappa shape index (κ3) is 5.27. The van der Waals surface area contributed by atoms with Gasteiger partial charge in [-0.05, 0) is 42.7 Å². The van der Waals surface area contributed by atoms with Gasteiger partial charge in [-0.1, -0.05) is 25.5 Å². The molecule has 3 rings (SSSR count). The Morgan fingerprint density at radius 1 is 1.07 bits per heavy atom. The molecular weight excluding hydrogens is 392 g/mol. The van der Waals surface area contributed by atoms with Crippen LogP contribution in [0.15, 0.2) is 47.4 Å². The predicted molar refractivity (Wildman–Crippen MR) is 111 cm³/mol. The predicted octanol–water partition coefficient (Wildman–Crippen LogP) is 3.06. The van der Waals surface area contributed by atoms with Gasteiger partial charge >= 0.3 is 0 Å². The first-order chi connectivity index (χ1) is 13.9. The van der Waals surface area contributed by atoms with Gasteiger partial charge in [0.1, 0.15) is 13.2 Å². The van der Waals surface area contributed by atoms with Crippen molar-refractivity contribution in [1.29, 1.82) is 0 Å². The number of benzene rings is 2. The van der Waals surface area contributed by atoms with Crippen LogP contribution >= 0.6 is 0 Å². The zero-order valence-corrected chi connectivity index (χ0v) is 17.5. The van der Waals surface area contributed by atoms with E-state index in [-0.39, 0.29) is 11.4 Å². The van der Waals surface area contributed by atoms with E-state index in [1.165, 1.54) is 24.7 Å². The van der Waals surface area contributed by atoms with E-state index in [1.54, 1.807) is 6.07 Å². The van der Waals surface area contributed by atoms with Crippen molar-refractivity contribution in [1.82, 2.24) is 4.31 Å². The van der Waals surface area contributed by atoms with Crippen molar-refractivity contribution in [3.05, 3.63) is 48.0 Å². The molecule has 2 aromatic carbocycles. The van der Waals surface area contributed by atoms with E-state index >= 15 is 0 Å². The number of nitrogens with zero attached hydrogens (tertiary/aromatic N) is 1. The lowest BCUT2D eigenvalue weighted by Gasteiger charge is -2.21. The van der Waals surface area contributed by atoms with E-state index in [1.807, 2.05) is 24.3 Å². The summed E-state index contributed by atoms with van der Waals surface area (Å²) >= 11 is 0. The minimum Gasteiger partial charge on any atom is -0.486 e. The lowest BCUT2D eigenvalue weighted by molar-refractivity contribution is -0.116. The number of fused-ring (bicyclic) bond motifs is 1. The Kier molecular flexibility index (Phi) is 6.76. The first-order valence-corrected chi connectivity index (χ1v) is 11.1. The van der Waals surface area contributed by atoms with Crippen molar-refractivity contribution < 1.29 is 22.7 Å². The van der Waals surface area contributed by atoms with E-state index < -0.39 is 15.9 Å². The largest absolute Gasteiger partial charge is 0.486 e. The summed E-state index contributed by atoms with van der Waals surface area (Å²) < 4.78 is 37.5. The highest BCUT2D eigenvalue weighted by Crippen LogP contribution is 2.32. The highest BCUT2D eigenvalue weighted by Gasteiger charge is 2.25. The SMILES string of the molecule is CCCCc1ccc(NC(=O)CN(C)S(=O)(=O)c2ccc3c(c2)OCCO3)cc1. The van der Waals surface area contributed by atoms with Crippen LogP contribution in [0, 0.1) is 0 Å². The summed E-state index contributed by atoms with van der Waals surface area (Å²) in [5.74, 6) is 0.492. The van der Waals surface area contributed by atoms with Crippen LogP contribution in [-0.4, -0.2) is 45.4 Å². The van der Waals surface area contributed by atoms with Crippen LogP contribution in [0.1, 0.15) is 25.3 Å². The van der Waals surface area contributed by atoms with Crippen LogP contribution in [-0.2, 0) is 21.2 Å². The molecule has 29 heavy (non-hydrogen) atoms. The van der Waals surface area contributed by atoms with Crippen LogP contribution in [0.2, 0.25) is 0 Å². The number of rotatable bonds is 8.